The fourth-order valence-electron chi connectivity index (χ4n) is 2.45. The molecule has 1 fully saturated rings. The van der Waals surface area contributed by atoms with Crippen molar-refractivity contribution in [3.63, 3.8) is 0 Å². The van der Waals surface area contributed by atoms with Gasteiger partial charge in [0.25, 0.3) is 0 Å². The van der Waals surface area contributed by atoms with E-state index in [0.29, 0.717) is 0 Å². The molecule has 3 N–H and O–H groups in total. The van der Waals surface area contributed by atoms with Crippen molar-refractivity contribution in [1.82, 2.24) is 4.90 Å². The molecule has 2 rings (SSSR count). The molecule has 0 heterocycles. The molecular weight excluding hydrogens is 234 g/mol. The summed E-state index contributed by atoms with van der Waals surface area (Å²) in [5.74, 6) is 0.152. The molecule has 0 radical (unpaired) electrons. The Balaban J connectivity index is 2.06. The summed E-state index contributed by atoms with van der Waals surface area (Å²) < 4.78 is 0. The lowest BCUT2D eigenvalue weighted by Gasteiger charge is -2.23. The van der Waals surface area contributed by atoms with Gasteiger partial charge in [-0.05, 0) is 49.9 Å². The number of nitrogens with one attached hydrogen (secondary N) is 1. The van der Waals surface area contributed by atoms with Gasteiger partial charge in [-0.15, -0.1) is 0 Å². The number of nitrogens with zero attached hydrogens (tertiary/aromatic N) is 1. The lowest BCUT2D eigenvalue weighted by Crippen LogP contribution is -2.27. The Kier molecular flexibility index (Phi) is 4.59. The lowest BCUT2D eigenvalue weighted by atomic mass is 10.0. The van der Waals surface area contributed by atoms with E-state index < -0.39 is 0 Å². The highest BCUT2D eigenvalue weighted by Gasteiger charge is 2.28. The number of amidine groups is 1. The van der Waals surface area contributed by atoms with Crippen LogP contribution in [0.5, 0.6) is 0 Å². The second-order valence-electron chi connectivity index (χ2n) is 5.61. The monoisotopic (exact) mass is 259 g/mol. The third-order valence-electron chi connectivity index (χ3n) is 3.89. The molecule has 1 aromatic rings. The average Bonchev–Trinajstić information content (AvgIpc) is 3.20. The quantitative estimate of drug-likeness (QED) is 0.584. The number of rotatable bonds is 7. The molecule has 1 aliphatic carbocycles. The summed E-state index contributed by atoms with van der Waals surface area (Å²) in [4.78, 5) is 2.61. The molecule has 3 heteroatoms. The summed E-state index contributed by atoms with van der Waals surface area (Å²) in [5, 5.41) is 7.48. The zero-order valence-electron chi connectivity index (χ0n) is 12.1. The normalized spacial score (nSPS) is 14.9. The van der Waals surface area contributed by atoms with E-state index in [4.69, 9.17) is 11.1 Å². The van der Waals surface area contributed by atoms with Crippen LogP contribution in [0.4, 0.5) is 0 Å². The van der Waals surface area contributed by atoms with E-state index in [-0.39, 0.29) is 5.84 Å². The van der Waals surface area contributed by atoms with Gasteiger partial charge in [-0.1, -0.05) is 25.5 Å². The summed E-state index contributed by atoms with van der Waals surface area (Å²) in [6.45, 7) is 6.61. The number of nitrogens with two attached hydrogens (primary N) is 1. The zero-order valence-corrected chi connectivity index (χ0v) is 12.1. The maximum Gasteiger partial charge on any atom is 0.122 e. The predicted molar refractivity (Wildman–Crippen MR) is 80.5 cm³/mol. The standard InChI is InChI=1S/C16H25N3/c1-3-4-9-19(15-7-8-15)11-14-6-5-13(16(17)18)10-12(14)2/h5-6,10,15H,3-4,7-9,11H2,1-2H3,(H3,17,18). The van der Waals surface area contributed by atoms with Crippen molar-refractivity contribution in [2.75, 3.05) is 6.54 Å². The van der Waals surface area contributed by atoms with Gasteiger partial charge in [0.1, 0.15) is 5.84 Å². The van der Waals surface area contributed by atoms with Crippen molar-refractivity contribution < 1.29 is 0 Å². The molecule has 0 aromatic heterocycles. The molecule has 0 saturated heterocycles. The molecule has 104 valence electrons. The van der Waals surface area contributed by atoms with Crippen molar-refractivity contribution in [3.8, 4) is 0 Å². The molecule has 0 atom stereocenters. The van der Waals surface area contributed by atoms with Gasteiger partial charge < -0.3 is 5.73 Å². The first-order valence-electron chi connectivity index (χ1n) is 7.29. The van der Waals surface area contributed by atoms with Gasteiger partial charge in [0.2, 0.25) is 0 Å². The molecule has 1 aliphatic rings. The summed E-state index contributed by atoms with van der Waals surface area (Å²) >= 11 is 0. The molecule has 1 saturated carbocycles. The van der Waals surface area contributed by atoms with Crippen molar-refractivity contribution in [3.05, 3.63) is 34.9 Å². The number of aryl methyl sites for hydroxylation is 1. The van der Waals surface area contributed by atoms with Gasteiger partial charge in [-0.3, -0.25) is 10.3 Å². The van der Waals surface area contributed by atoms with E-state index in [1.807, 2.05) is 12.1 Å². The fraction of sp³-hybridized carbons (Fsp3) is 0.562. The number of hydrogen-bond donors (Lipinski definition) is 2. The van der Waals surface area contributed by atoms with Gasteiger partial charge in [-0.2, -0.15) is 0 Å². The molecule has 0 spiro atoms. The highest BCUT2D eigenvalue weighted by atomic mass is 15.2. The number of unbranched alkanes of at least 4 members (excludes halogenated alkanes) is 1. The van der Waals surface area contributed by atoms with Crippen molar-refractivity contribution in [1.29, 1.82) is 5.41 Å². The van der Waals surface area contributed by atoms with Crippen LogP contribution in [-0.4, -0.2) is 23.3 Å². The minimum absolute atomic E-state index is 0.152. The molecule has 1 aromatic carbocycles. The predicted octanol–water partition coefficient (Wildman–Crippen LogP) is 3.04. The lowest BCUT2D eigenvalue weighted by molar-refractivity contribution is 0.250. The fourth-order valence-corrected chi connectivity index (χ4v) is 2.45. The van der Waals surface area contributed by atoms with Crippen LogP contribution in [0.3, 0.4) is 0 Å². The minimum atomic E-state index is 0.152. The number of hydrogen-bond acceptors (Lipinski definition) is 2. The van der Waals surface area contributed by atoms with Crippen LogP contribution in [0.2, 0.25) is 0 Å². The Morgan fingerprint density at radius 3 is 2.68 bits per heavy atom. The van der Waals surface area contributed by atoms with E-state index in [2.05, 4.69) is 24.8 Å². The van der Waals surface area contributed by atoms with Crippen LogP contribution in [0.1, 0.15) is 49.3 Å². The molecule has 19 heavy (non-hydrogen) atoms. The van der Waals surface area contributed by atoms with E-state index in [1.165, 1.54) is 43.4 Å². The van der Waals surface area contributed by atoms with Crippen LogP contribution in [0.15, 0.2) is 18.2 Å². The smallest absolute Gasteiger partial charge is 0.122 e. The first-order chi connectivity index (χ1) is 9.11. The second-order valence-corrected chi connectivity index (χ2v) is 5.61. The number of benzene rings is 1. The molecular formula is C16H25N3. The van der Waals surface area contributed by atoms with E-state index in [1.54, 1.807) is 0 Å². The van der Waals surface area contributed by atoms with Crippen LogP contribution in [0.25, 0.3) is 0 Å². The van der Waals surface area contributed by atoms with Crippen LogP contribution < -0.4 is 5.73 Å². The SMILES string of the molecule is CCCCN(Cc1ccc(C(=N)N)cc1C)C1CC1. The third-order valence-corrected chi connectivity index (χ3v) is 3.89. The van der Waals surface area contributed by atoms with Crippen molar-refractivity contribution >= 4 is 5.84 Å². The maximum atomic E-state index is 7.48. The molecule has 0 amide bonds. The first-order valence-corrected chi connectivity index (χ1v) is 7.29. The summed E-state index contributed by atoms with van der Waals surface area (Å²) in [6, 6.07) is 6.93. The average molecular weight is 259 g/mol. The summed E-state index contributed by atoms with van der Waals surface area (Å²) in [7, 11) is 0. The molecule has 0 unspecified atom stereocenters. The van der Waals surface area contributed by atoms with Gasteiger partial charge in [0.05, 0.1) is 0 Å². The highest BCUT2D eigenvalue weighted by molar-refractivity contribution is 5.95. The topological polar surface area (TPSA) is 53.1 Å². The summed E-state index contributed by atoms with van der Waals surface area (Å²) in [6.07, 6.45) is 5.25. The van der Waals surface area contributed by atoms with E-state index in [9.17, 15) is 0 Å². The van der Waals surface area contributed by atoms with E-state index in [0.717, 1.165) is 18.2 Å². The van der Waals surface area contributed by atoms with Crippen molar-refractivity contribution in [2.24, 2.45) is 5.73 Å². The van der Waals surface area contributed by atoms with Crippen LogP contribution in [0, 0.1) is 12.3 Å². The second kappa shape index (κ2) is 6.20. The van der Waals surface area contributed by atoms with Crippen LogP contribution in [-0.2, 0) is 6.54 Å². The minimum Gasteiger partial charge on any atom is -0.384 e. The molecule has 0 bridgehead atoms. The Morgan fingerprint density at radius 2 is 2.16 bits per heavy atom. The van der Waals surface area contributed by atoms with Gasteiger partial charge in [0, 0.05) is 18.2 Å². The first kappa shape index (κ1) is 14.1. The molecule has 0 aliphatic heterocycles. The Morgan fingerprint density at radius 1 is 1.42 bits per heavy atom. The Bertz CT molecular complexity index is 449. The van der Waals surface area contributed by atoms with Crippen LogP contribution >= 0.6 is 0 Å². The maximum absolute atomic E-state index is 7.48. The highest BCUT2D eigenvalue weighted by Crippen LogP contribution is 2.29. The Labute approximate surface area is 116 Å². The van der Waals surface area contributed by atoms with Gasteiger partial charge >= 0.3 is 0 Å². The van der Waals surface area contributed by atoms with Gasteiger partial charge in [-0.25, -0.2) is 0 Å². The number of nitrogen functional groups attached to an aromatic ring is 1. The summed E-state index contributed by atoms with van der Waals surface area (Å²) in [5.41, 5.74) is 8.97. The van der Waals surface area contributed by atoms with Crippen molar-refractivity contribution in [2.45, 2.75) is 52.1 Å². The molecule has 3 nitrogen and oxygen atoms in total. The van der Waals surface area contributed by atoms with Gasteiger partial charge in [0.15, 0.2) is 0 Å². The van der Waals surface area contributed by atoms with E-state index >= 15 is 0 Å². The third kappa shape index (κ3) is 3.80. The Hall–Kier alpha value is -1.35. The zero-order chi connectivity index (χ0) is 13.8. The largest absolute Gasteiger partial charge is 0.384 e.